The molecule has 0 saturated carbocycles. The summed E-state index contributed by atoms with van der Waals surface area (Å²) < 4.78 is 22.9. The highest BCUT2D eigenvalue weighted by Gasteiger charge is 2.09. The summed E-state index contributed by atoms with van der Waals surface area (Å²) in [5.41, 5.74) is 1.87. The molecule has 3 aromatic rings. The highest BCUT2D eigenvalue weighted by atomic mass is 127. The van der Waals surface area contributed by atoms with Gasteiger partial charge in [0.15, 0.2) is 0 Å². The molecule has 14 nitrogen and oxygen atoms in total. The quantitative estimate of drug-likeness (QED) is 0.0485. The highest BCUT2D eigenvalue weighted by Crippen LogP contribution is 2.17. The first-order valence-corrected chi connectivity index (χ1v) is 17.2. The van der Waals surface area contributed by atoms with E-state index in [-0.39, 0.29) is 11.8 Å². The van der Waals surface area contributed by atoms with Crippen molar-refractivity contribution in [3.05, 3.63) is 65.7 Å². The third-order valence-corrected chi connectivity index (χ3v) is 6.61. The predicted octanol–water partition coefficient (Wildman–Crippen LogP) is 3.51. The Morgan fingerprint density at radius 1 is 0.596 bits per heavy atom. The summed E-state index contributed by atoms with van der Waals surface area (Å²) in [6, 6.07) is 16.1. The Kier molecular flexibility index (Phi) is 19.0. The molecule has 5 N–H and O–H groups in total. The van der Waals surface area contributed by atoms with Crippen LogP contribution >= 0.6 is 22.6 Å². The van der Waals surface area contributed by atoms with Gasteiger partial charge in [0, 0.05) is 47.4 Å². The molecule has 0 bridgehead atoms. The second kappa shape index (κ2) is 23.6. The van der Waals surface area contributed by atoms with Crippen molar-refractivity contribution in [3.63, 3.8) is 0 Å². The van der Waals surface area contributed by atoms with Gasteiger partial charge in [-0.05, 0) is 42.8 Å². The van der Waals surface area contributed by atoms with Crippen LogP contribution in [0.2, 0.25) is 0 Å². The average molecular weight is 765 g/mol. The van der Waals surface area contributed by atoms with Gasteiger partial charge in [0.25, 0.3) is 11.8 Å². The number of ether oxygens (including phenoxy) is 4. The standard InChI is InChI=1S/C32H45IN8O6/c1-2-13-36-30-39-31(37-16-20-47-24-23-46-18-14-34-28(42)25-6-4-3-5-7-25)41-32(40-30)38-27-10-8-26(9-11-27)29(43)35-15-19-45-22-21-44-17-12-33/h3-11H,2,12-24H2,1H3,(H,34,42)(H,35,43)(H3,36,37,38,39,40,41). The van der Waals surface area contributed by atoms with E-state index in [9.17, 15) is 9.59 Å². The first-order chi connectivity index (χ1) is 23.1. The van der Waals surface area contributed by atoms with Crippen molar-refractivity contribution in [1.29, 1.82) is 0 Å². The molecule has 256 valence electrons. The third kappa shape index (κ3) is 16.2. The molecule has 2 amide bonds. The maximum Gasteiger partial charge on any atom is 0.251 e. The maximum atomic E-state index is 12.5. The molecule has 1 aromatic heterocycles. The monoisotopic (exact) mass is 764 g/mol. The van der Waals surface area contributed by atoms with Gasteiger partial charge in [0.2, 0.25) is 17.8 Å². The number of aromatic nitrogens is 3. The SMILES string of the molecule is CCCNc1nc(NCCOCCOCCNC(=O)c2ccccc2)nc(Nc2ccc(C(=O)NCCOCCOCCI)cc2)n1. The van der Waals surface area contributed by atoms with Crippen LogP contribution < -0.4 is 26.6 Å². The zero-order valence-electron chi connectivity index (χ0n) is 26.8. The summed E-state index contributed by atoms with van der Waals surface area (Å²) in [6.07, 6.45) is 0.912. The molecule has 0 aliphatic carbocycles. The smallest absolute Gasteiger partial charge is 0.251 e. The second-order valence-corrected chi connectivity index (χ2v) is 11.0. The number of halogens is 1. The zero-order chi connectivity index (χ0) is 33.4. The van der Waals surface area contributed by atoms with Crippen molar-refractivity contribution >= 4 is 57.9 Å². The molecule has 0 fully saturated rings. The largest absolute Gasteiger partial charge is 0.378 e. The van der Waals surface area contributed by atoms with Crippen molar-refractivity contribution < 1.29 is 28.5 Å². The molecular weight excluding hydrogens is 719 g/mol. The Balaban J connectivity index is 1.35. The first-order valence-electron chi connectivity index (χ1n) is 15.7. The molecule has 3 rings (SSSR count). The van der Waals surface area contributed by atoms with E-state index in [1.54, 1.807) is 36.4 Å². The van der Waals surface area contributed by atoms with Gasteiger partial charge in [-0.25, -0.2) is 0 Å². The van der Waals surface area contributed by atoms with Crippen LogP contribution in [0.25, 0.3) is 0 Å². The van der Waals surface area contributed by atoms with Crippen LogP contribution in [-0.4, -0.2) is 110 Å². The summed E-state index contributed by atoms with van der Waals surface area (Å²) in [4.78, 5) is 37.9. The number of carbonyl (C=O) groups excluding carboxylic acids is 2. The molecule has 0 radical (unpaired) electrons. The molecule has 15 heteroatoms. The lowest BCUT2D eigenvalue weighted by Crippen LogP contribution is -2.27. The molecule has 0 aliphatic heterocycles. The number of alkyl halides is 1. The second-order valence-electron chi connectivity index (χ2n) is 9.88. The van der Waals surface area contributed by atoms with Crippen LogP contribution in [0.3, 0.4) is 0 Å². The molecule has 0 spiro atoms. The normalized spacial score (nSPS) is 10.8. The van der Waals surface area contributed by atoms with Crippen LogP contribution in [-0.2, 0) is 18.9 Å². The van der Waals surface area contributed by atoms with Crippen molar-refractivity contribution in [2.24, 2.45) is 0 Å². The van der Waals surface area contributed by atoms with Crippen LogP contribution in [0.4, 0.5) is 23.5 Å². The zero-order valence-corrected chi connectivity index (χ0v) is 28.9. The first kappa shape index (κ1) is 37.8. The van der Waals surface area contributed by atoms with Gasteiger partial charge in [0.05, 0.1) is 52.9 Å². The van der Waals surface area contributed by atoms with Crippen molar-refractivity contribution in [2.75, 3.05) is 99.4 Å². The van der Waals surface area contributed by atoms with E-state index in [1.165, 1.54) is 0 Å². The number of hydrogen-bond donors (Lipinski definition) is 5. The number of hydrogen-bond acceptors (Lipinski definition) is 12. The fraction of sp³-hybridized carbons (Fsp3) is 0.469. The minimum Gasteiger partial charge on any atom is -0.378 e. The molecule has 0 unspecified atom stereocenters. The summed E-state index contributed by atoms with van der Waals surface area (Å²) in [7, 11) is 0. The number of nitrogens with one attached hydrogen (secondary N) is 5. The number of rotatable bonds is 25. The molecule has 0 atom stereocenters. The van der Waals surface area contributed by atoms with Crippen LogP contribution in [0, 0.1) is 0 Å². The lowest BCUT2D eigenvalue weighted by atomic mass is 10.2. The van der Waals surface area contributed by atoms with Gasteiger partial charge >= 0.3 is 0 Å². The number of benzene rings is 2. The number of amides is 2. The van der Waals surface area contributed by atoms with Gasteiger partial charge in [0.1, 0.15) is 0 Å². The van der Waals surface area contributed by atoms with E-state index in [0.29, 0.717) is 108 Å². The van der Waals surface area contributed by atoms with E-state index in [4.69, 9.17) is 18.9 Å². The molecule has 0 saturated heterocycles. The van der Waals surface area contributed by atoms with Gasteiger partial charge in [-0.2, -0.15) is 15.0 Å². The van der Waals surface area contributed by atoms with E-state index < -0.39 is 0 Å². The van der Waals surface area contributed by atoms with Gasteiger partial charge in [-0.15, -0.1) is 0 Å². The Hall–Kier alpha value is -3.64. The van der Waals surface area contributed by atoms with E-state index in [1.807, 2.05) is 18.2 Å². The maximum absolute atomic E-state index is 12.5. The van der Waals surface area contributed by atoms with E-state index >= 15 is 0 Å². The summed E-state index contributed by atoms with van der Waals surface area (Å²) >= 11 is 2.26. The van der Waals surface area contributed by atoms with Crippen LogP contribution in [0.5, 0.6) is 0 Å². The highest BCUT2D eigenvalue weighted by molar-refractivity contribution is 14.1. The van der Waals surface area contributed by atoms with E-state index in [2.05, 4.69) is 71.1 Å². The number of anilines is 4. The van der Waals surface area contributed by atoms with Crippen molar-refractivity contribution in [2.45, 2.75) is 13.3 Å². The predicted molar refractivity (Wildman–Crippen MR) is 190 cm³/mol. The Morgan fingerprint density at radius 3 is 1.64 bits per heavy atom. The molecular formula is C32H45IN8O6. The molecule has 2 aromatic carbocycles. The third-order valence-electron chi connectivity index (χ3n) is 6.17. The Morgan fingerprint density at radius 2 is 1.09 bits per heavy atom. The molecule has 1 heterocycles. The van der Waals surface area contributed by atoms with Crippen molar-refractivity contribution in [3.8, 4) is 0 Å². The molecule has 47 heavy (non-hydrogen) atoms. The summed E-state index contributed by atoms with van der Waals surface area (Å²) in [5, 5.41) is 15.2. The van der Waals surface area contributed by atoms with Gasteiger partial charge < -0.3 is 45.5 Å². The number of carbonyl (C=O) groups is 2. The lowest BCUT2D eigenvalue weighted by molar-refractivity contribution is 0.0519. The summed E-state index contributed by atoms with van der Waals surface area (Å²) in [5.74, 6) is 0.882. The van der Waals surface area contributed by atoms with Crippen LogP contribution in [0.15, 0.2) is 54.6 Å². The minimum atomic E-state index is -0.180. The average Bonchev–Trinajstić information content (AvgIpc) is 3.09. The van der Waals surface area contributed by atoms with Crippen LogP contribution in [0.1, 0.15) is 34.1 Å². The Bertz CT molecular complexity index is 1310. The summed E-state index contributed by atoms with van der Waals surface area (Å²) in [6.45, 7) is 7.90. The minimum absolute atomic E-state index is 0.124. The van der Waals surface area contributed by atoms with Gasteiger partial charge in [-0.3, -0.25) is 9.59 Å². The number of nitrogens with zero attached hydrogens (tertiary/aromatic N) is 3. The van der Waals surface area contributed by atoms with Crippen molar-refractivity contribution in [1.82, 2.24) is 25.6 Å². The lowest BCUT2D eigenvalue weighted by Gasteiger charge is -2.12. The fourth-order valence-corrected chi connectivity index (χ4v) is 4.17. The van der Waals surface area contributed by atoms with E-state index in [0.717, 1.165) is 16.5 Å². The topological polar surface area (TPSA) is 170 Å². The Labute approximate surface area is 289 Å². The fourth-order valence-electron chi connectivity index (χ4n) is 3.86. The molecule has 0 aliphatic rings. The van der Waals surface area contributed by atoms with Gasteiger partial charge in [-0.1, -0.05) is 47.7 Å².